The zero-order valence-electron chi connectivity index (χ0n) is 9.93. The van der Waals surface area contributed by atoms with Crippen molar-refractivity contribution >= 4 is 48.7 Å². The third-order valence-electron chi connectivity index (χ3n) is 2.67. The van der Waals surface area contributed by atoms with E-state index in [0.29, 0.717) is 12.2 Å². The molecule has 1 aromatic heterocycles. The molecule has 2 rings (SSSR count). The van der Waals surface area contributed by atoms with Crippen LogP contribution in [0.5, 0.6) is 0 Å². The number of halogens is 2. The molecule has 0 unspecified atom stereocenters. The maximum absolute atomic E-state index is 11.9. The van der Waals surface area contributed by atoms with Gasteiger partial charge in [0.2, 0.25) is 0 Å². The fraction of sp³-hybridized carbons (Fsp3) is 0.308. The molecule has 0 aliphatic rings. The van der Waals surface area contributed by atoms with Crippen LogP contribution in [0, 0.1) is 0 Å². The number of benzene rings is 1. The number of aromatic nitrogens is 1. The van der Waals surface area contributed by atoms with Crippen molar-refractivity contribution < 1.29 is 9.53 Å². The van der Waals surface area contributed by atoms with Gasteiger partial charge in [-0.25, -0.2) is 4.79 Å². The number of rotatable bonds is 4. The van der Waals surface area contributed by atoms with Crippen LogP contribution in [0.15, 0.2) is 27.3 Å². The van der Waals surface area contributed by atoms with E-state index in [1.54, 1.807) is 6.20 Å². The number of ether oxygens (including phenoxy) is 1. The van der Waals surface area contributed by atoms with Crippen LogP contribution in [0.3, 0.4) is 0 Å². The molecule has 3 nitrogen and oxygen atoms in total. The van der Waals surface area contributed by atoms with Crippen LogP contribution < -0.4 is 0 Å². The van der Waals surface area contributed by atoms with Crippen LogP contribution in [0.25, 0.3) is 10.9 Å². The average Bonchev–Trinajstić information content (AvgIpc) is 2.73. The number of hydrogen-bond donors (Lipinski definition) is 1. The lowest BCUT2D eigenvalue weighted by Crippen LogP contribution is -2.05. The van der Waals surface area contributed by atoms with Crippen molar-refractivity contribution in [2.75, 3.05) is 6.61 Å². The second kappa shape index (κ2) is 5.89. The Hall–Kier alpha value is -0.810. The van der Waals surface area contributed by atoms with Gasteiger partial charge in [0.05, 0.1) is 12.2 Å². The maximum atomic E-state index is 11.9. The molecule has 2 aromatic rings. The number of fused-ring (bicyclic) bond motifs is 1. The van der Waals surface area contributed by atoms with E-state index < -0.39 is 0 Å². The van der Waals surface area contributed by atoms with Gasteiger partial charge in [-0.3, -0.25) is 0 Å². The number of esters is 1. The molecule has 0 fully saturated rings. The molecule has 0 amide bonds. The van der Waals surface area contributed by atoms with E-state index in [4.69, 9.17) is 4.74 Å². The molecule has 0 aliphatic heterocycles. The molecule has 1 N–H and O–H groups in total. The van der Waals surface area contributed by atoms with Crippen LogP contribution in [0.4, 0.5) is 0 Å². The highest BCUT2D eigenvalue weighted by molar-refractivity contribution is 9.13. The topological polar surface area (TPSA) is 42.1 Å². The van der Waals surface area contributed by atoms with E-state index in [0.717, 1.165) is 32.7 Å². The lowest BCUT2D eigenvalue weighted by molar-refractivity contribution is 0.0502. The molecule has 5 heteroatoms. The zero-order chi connectivity index (χ0) is 13.1. The van der Waals surface area contributed by atoms with E-state index in [1.165, 1.54) is 0 Å². The monoisotopic (exact) mass is 373 g/mol. The molecule has 96 valence electrons. The number of carbonyl (C=O) groups excluding carboxylic acids is 1. The van der Waals surface area contributed by atoms with Crippen LogP contribution in [0.1, 0.15) is 30.1 Å². The summed E-state index contributed by atoms with van der Waals surface area (Å²) >= 11 is 6.87. The first-order chi connectivity index (χ1) is 8.63. The number of unbranched alkanes of at least 4 members (excludes halogenated alkanes) is 1. The molecule has 0 saturated heterocycles. The Bertz CT molecular complexity index is 578. The van der Waals surface area contributed by atoms with Crippen LogP contribution in [-0.4, -0.2) is 17.6 Å². The smallest absolute Gasteiger partial charge is 0.340 e. The fourth-order valence-corrected chi connectivity index (χ4v) is 2.36. The lowest BCUT2D eigenvalue weighted by atomic mass is 10.2. The highest BCUT2D eigenvalue weighted by Gasteiger charge is 2.14. The van der Waals surface area contributed by atoms with E-state index in [-0.39, 0.29) is 5.97 Å². The van der Waals surface area contributed by atoms with Crippen molar-refractivity contribution in [1.29, 1.82) is 0 Å². The number of nitrogens with one attached hydrogen (secondary N) is 1. The van der Waals surface area contributed by atoms with Gasteiger partial charge in [-0.1, -0.05) is 13.3 Å². The van der Waals surface area contributed by atoms with E-state index in [2.05, 4.69) is 43.8 Å². The van der Waals surface area contributed by atoms with Gasteiger partial charge in [0, 0.05) is 26.0 Å². The van der Waals surface area contributed by atoms with Crippen molar-refractivity contribution in [1.82, 2.24) is 4.98 Å². The van der Waals surface area contributed by atoms with Crippen molar-refractivity contribution in [3.63, 3.8) is 0 Å². The SMILES string of the molecule is CCCCOC(=O)c1c[nH]c2cc(Br)c(Br)cc12. The van der Waals surface area contributed by atoms with Crippen molar-refractivity contribution in [3.8, 4) is 0 Å². The maximum Gasteiger partial charge on any atom is 0.340 e. The highest BCUT2D eigenvalue weighted by atomic mass is 79.9. The van der Waals surface area contributed by atoms with Gasteiger partial charge in [-0.15, -0.1) is 0 Å². The Kier molecular flexibility index (Phi) is 4.45. The fourth-order valence-electron chi connectivity index (χ4n) is 1.67. The Balaban J connectivity index is 2.28. The third-order valence-corrected chi connectivity index (χ3v) is 4.52. The van der Waals surface area contributed by atoms with Crippen LogP contribution in [-0.2, 0) is 4.74 Å². The molecular formula is C13H13Br2NO2. The Morgan fingerprint density at radius 1 is 1.33 bits per heavy atom. The summed E-state index contributed by atoms with van der Waals surface area (Å²) in [5.74, 6) is -0.274. The minimum absolute atomic E-state index is 0.274. The largest absolute Gasteiger partial charge is 0.462 e. The van der Waals surface area contributed by atoms with Gasteiger partial charge in [-0.2, -0.15) is 0 Å². The van der Waals surface area contributed by atoms with Crippen LogP contribution >= 0.6 is 31.9 Å². The summed E-state index contributed by atoms with van der Waals surface area (Å²) in [6, 6.07) is 3.84. The van der Waals surface area contributed by atoms with E-state index in [1.807, 2.05) is 12.1 Å². The second-order valence-corrected chi connectivity index (χ2v) is 5.71. The predicted molar refractivity (Wildman–Crippen MR) is 78.9 cm³/mol. The average molecular weight is 375 g/mol. The van der Waals surface area contributed by atoms with Gasteiger partial charge in [0.15, 0.2) is 0 Å². The van der Waals surface area contributed by atoms with E-state index in [9.17, 15) is 4.79 Å². The first kappa shape index (κ1) is 13.6. The van der Waals surface area contributed by atoms with E-state index >= 15 is 0 Å². The summed E-state index contributed by atoms with van der Waals surface area (Å²) in [5.41, 5.74) is 1.49. The first-order valence-electron chi connectivity index (χ1n) is 5.76. The number of aromatic amines is 1. The molecular weight excluding hydrogens is 362 g/mol. The van der Waals surface area contributed by atoms with Crippen molar-refractivity contribution in [2.45, 2.75) is 19.8 Å². The van der Waals surface area contributed by atoms with Gasteiger partial charge in [0.1, 0.15) is 0 Å². The first-order valence-corrected chi connectivity index (χ1v) is 7.35. The summed E-state index contributed by atoms with van der Waals surface area (Å²) in [5, 5.41) is 0.867. The Morgan fingerprint density at radius 3 is 2.78 bits per heavy atom. The number of H-pyrrole nitrogens is 1. The quantitative estimate of drug-likeness (QED) is 0.625. The van der Waals surface area contributed by atoms with Gasteiger partial charge < -0.3 is 9.72 Å². The van der Waals surface area contributed by atoms with Gasteiger partial charge in [0.25, 0.3) is 0 Å². The van der Waals surface area contributed by atoms with Gasteiger partial charge in [-0.05, 0) is 50.4 Å². The zero-order valence-corrected chi connectivity index (χ0v) is 13.1. The highest BCUT2D eigenvalue weighted by Crippen LogP contribution is 2.30. The molecule has 0 bridgehead atoms. The summed E-state index contributed by atoms with van der Waals surface area (Å²) in [4.78, 5) is 15.0. The second-order valence-electron chi connectivity index (χ2n) is 4.00. The minimum Gasteiger partial charge on any atom is -0.462 e. The third kappa shape index (κ3) is 2.78. The summed E-state index contributed by atoms with van der Waals surface area (Å²) in [6.45, 7) is 2.54. The predicted octanol–water partition coefficient (Wildman–Crippen LogP) is 4.65. The number of carbonyl (C=O) groups is 1. The summed E-state index contributed by atoms with van der Waals surface area (Å²) < 4.78 is 7.08. The lowest BCUT2D eigenvalue weighted by Gasteiger charge is -2.03. The molecule has 0 spiro atoms. The summed E-state index contributed by atoms with van der Waals surface area (Å²) in [6.07, 6.45) is 3.60. The van der Waals surface area contributed by atoms with Crippen LogP contribution in [0.2, 0.25) is 0 Å². The number of hydrogen-bond acceptors (Lipinski definition) is 2. The summed E-state index contributed by atoms with van der Waals surface area (Å²) in [7, 11) is 0. The van der Waals surface area contributed by atoms with Crippen molar-refractivity contribution in [2.24, 2.45) is 0 Å². The molecule has 0 atom stereocenters. The molecule has 1 aromatic carbocycles. The van der Waals surface area contributed by atoms with Crippen molar-refractivity contribution in [3.05, 3.63) is 32.8 Å². The molecule has 0 saturated carbocycles. The normalized spacial score (nSPS) is 10.8. The Labute approximate surface area is 122 Å². The molecule has 0 aliphatic carbocycles. The molecule has 0 radical (unpaired) electrons. The molecule has 18 heavy (non-hydrogen) atoms. The minimum atomic E-state index is -0.274. The molecule has 1 heterocycles. The Morgan fingerprint density at radius 2 is 2.06 bits per heavy atom. The van der Waals surface area contributed by atoms with Gasteiger partial charge >= 0.3 is 5.97 Å². The standard InChI is InChI=1S/C13H13Br2NO2/c1-2-3-4-18-13(17)9-7-16-12-6-11(15)10(14)5-8(9)12/h5-7,16H,2-4H2,1H3.